The Morgan fingerprint density at radius 3 is 2.63 bits per heavy atom. The molecule has 0 aromatic heterocycles. The van der Waals surface area contributed by atoms with Crippen molar-refractivity contribution < 1.29 is 9.18 Å². The van der Waals surface area contributed by atoms with Gasteiger partial charge in [-0.1, -0.05) is 13.3 Å². The highest BCUT2D eigenvalue weighted by Gasteiger charge is 2.42. The summed E-state index contributed by atoms with van der Waals surface area (Å²) in [5, 5.41) is 3.29. The lowest BCUT2D eigenvalue weighted by Gasteiger charge is -2.31. The molecule has 0 spiro atoms. The van der Waals surface area contributed by atoms with Crippen molar-refractivity contribution in [2.75, 3.05) is 25.0 Å². The number of amides is 1. The number of carbonyl (C=O) groups is 1. The van der Waals surface area contributed by atoms with E-state index in [9.17, 15) is 9.18 Å². The molecule has 1 aromatic rings. The minimum atomic E-state index is -0.294. The van der Waals surface area contributed by atoms with Gasteiger partial charge in [-0.25, -0.2) is 4.39 Å². The summed E-state index contributed by atoms with van der Waals surface area (Å²) in [5.41, 5.74) is 0.450. The molecule has 4 heteroatoms. The fraction of sp³-hybridized carbons (Fsp3) is 0.533. The van der Waals surface area contributed by atoms with Gasteiger partial charge in [0.1, 0.15) is 5.82 Å². The van der Waals surface area contributed by atoms with Gasteiger partial charge in [-0.15, -0.1) is 0 Å². The third-order valence-corrected chi connectivity index (χ3v) is 3.94. The molecule has 1 atom stereocenters. The first-order valence-corrected chi connectivity index (χ1v) is 6.83. The van der Waals surface area contributed by atoms with E-state index in [1.807, 2.05) is 0 Å². The minimum absolute atomic E-state index is 0.131. The van der Waals surface area contributed by atoms with Crippen LogP contribution in [0.4, 0.5) is 10.1 Å². The van der Waals surface area contributed by atoms with Crippen molar-refractivity contribution in [1.29, 1.82) is 0 Å². The summed E-state index contributed by atoms with van der Waals surface area (Å²) in [7, 11) is 1.77. The molecule has 1 unspecified atom stereocenters. The predicted molar refractivity (Wildman–Crippen MR) is 74.6 cm³/mol. The van der Waals surface area contributed by atoms with E-state index < -0.39 is 0 Å². The molecule has 19 heavy (non-hydrogen) atoms. The van der Waals surface area contributed by atoms with Gasteiger partial charge in [0.25, 0.3) is 0 Å². The van der Waals surface area contributed by atoms with Crippen molar-refractivity contribution >= 4 is 11.6 Å². The van der Waals surface area contributed by atoms with Crippen molar-refractivity contribution in [2.45, 2.75) is 26.2 Å². The van der Waals surface area contributed by atoms with Crippen LogP contribution in [0.25, 0.3) is 0 Å². The molecule has 1 aliphatic rings. The molecule has 0 radical (unpaired) electrons. The number of nitrogens with zero attached hydrogens (tertiary/aromatic N) is 1. The quantitative estimate of drug-likeness (QED) is 0.906. The van der Waals surface area contributed by atoms with Gasteiger partial charge in [0.15, 0.2) is 0 Å². The molecule has 1 aromatic carbocycles. The lowest BCUT2D eigenvalue weighted by Crippen LogP contribution is -2.43. The fourth-order valence-electron chi connectivity index (χ4n) is 2.86. The van der Waals surface area contributed by atoms with Gasteiger partial charge in [0.2, 0.25) is 5.91 Å². The zero-order valence-electron chi connectivity index (χ0n) is 11.6. The Labute approximate surface area is 113 Å². The van der Waals surface area contributed by atoms with Gasteiger partial charge in [-0.2, -0.15) is 0 Å². The van der Waals surface area contributed by atoms with Crippen LogP contribution in [0.3, 0.4) is 0 Å². The van der Waals surface area contributed by atoms with Crippen molar-refractivity contribution in [2.24, 2.45) is 5.41 Å². The molecule has 1 N–H and O–H groups in total. The highest BCUT2D eigenvalue weighted by atomic mass is 19.1. The van der Waals surface area contributed by atoms with Gasteiger partial charge in [0.05, 0.1) is 5.41 Å². The lowest BCUT2D eigenvalue weighted by molar-refractivity contribution is -0.127. The maximum absolute atomic E-state index is 12.9. The average molecular weight is 264 g/mol. The average Bonchev–Trinajstić information content (AvgIpc) is 2.88. The molecule has 0 aliphatic carbocycles. The number of hydrogen-bond acceptors (Lipinski definition) is 2. The van der Waals surface area contributed by atoms with E-state index in [4.69, 9.17) is 0 Å². The molecular weight excluding hydrogens is 243 g/mol. The Morgan fingerprint density at radius 2 is 2.11 bits per heavy atom. The Hall–Kier alpha value is -1.42. The van der Waals surface area contributed by atoms with Gasteiger partial charge in [-0.3, -0.25) is 4.79 Å². The summed E-state index contributed by atoms with van der Waals surface area (Å²) in [5.74, 6) is -0.152. The second-order valence-electron chi connectivity index (χ2n) is 5.30. The maximum Gasteiger partial charge on any atom is 0.234 e. The standard InChI is InChI=1S/C15H21FN2O/c1-3-8-15(9-10-17-11-15)14(19)18(2)13-6-4-12(16)5-7-13/h4-7,17H,3,8-11H2,1-2H3. The Kier molecular flexibility index (Phi) is 4.20. The summed E-state index contributed by atoms with van der Waals surface area (Å²) in [6, 6.07) is 6.07. The smallest absolute Gasteiger partial charge is 0.234 e. The highest BCUT2D eigenvalue weighted by molar-refractivity contribution is 5.97. The monoisotopic (exact) mass is 264 g/mol. The van der Waals surface area contributed by atoms with Crippen LogP contribution in [0.1, 0.15) is 26.2 Å². The first kappa shape index (κ1) is 14.0. The van der Waals surface area contributed by atoms with Crippen molar-refractivity contribution in [3.05, 3.63) is 30.1 Å². The predicted octanol–water partition coefficient (Wildman–Crippen LogP) is 2.57. The molecule has 0 bridgehead atoms. The van der Waals surface area contributed by atoms with Gasteiger partial charge < -0.3 is 10.2 Å². The summed E-state index contributed by atoms with van der Waals surface area (Å²) in [4.78, 5) is 14.4. The maximum atomic E-state index is 12.9. The number of carbonyl (C=O) groups excluding carboxylic acids is 1. The normalized spacial score (nSPS) is 22.5. The summed E-state index contributed by atoms with van der Waals surface area (Å²) in [6.07, 6.45) is 2.76. The van der Waals surface area contributed by atoms with E-state index in [1.54, 1.807) is 24.1 Å². The zero-order valence-corrected chi connectivity index (χ0v) is 11.6. The van der Waals surface area contributed by atoms with Crippen LogP contribution in [-0.2, 0) is 4.79 Å². The largest absolute Gasteiger partial charge is 0.316 e. The number of anilines is 1. The van der Waals surface area contributed by atoms with Crippen LogP contribution < -0.4 is 10.2 Å². The van der Waals surface area contributed by atoms with Crippen molar-refractivity contribution in [3.8, 4) is 0 Å². The van der Waals surface area contributed by atoms with Crippen molar-refractivity contribution in [1.82, 2.24) is 5.32 Å². The van der Waals surface area contributed by atoms with E-state index in [0.29, 0.717) is 0 Å². The van der Waals surface area contributed by atoms with E-state index in [1.165, 1.54) is 12.1 Å². The second-order valence-corrected chi connectivity index (χ2v) is 5.30. The van der Waals surface area contributed by atoms with E-state index in [2.05, 4.69) is 12.2 Å². The summed E-state index contributed by atoms with van der Waals surface area (Å²) in [6.45, 7) is 3.74. The van der Waals surface area contributed by atoms with E-state index >= 15 is 0 Å². The van der Waals surface area contributed by atoms with Gasteiger partial charge >= 0.3 is 0 Å². The minimum Gasteiger partial charge on any atom is -0.316 e. The number of halogens is 1. The summed E-state index contributed by atoms with van der Waals surface area (Å²) >= 11 is 0. The van der Waals surface area contributed by atoms with E-state index in [0.717, 1.165) is 38.0 Å². The van der Waals surface area contributed by atoms with Crippen LogP contribution in [-0.4, -0.2) is 26.0 Å². The molecule has 104 valence electrons. The van der Waals surface area contributed by atoms with Crippen LogP contribution in [0.2, 0.25) is 0 Å². The summed E-state index contributed by atoms with van der Waals surface area (Å²) < 4.78 is 12.9. The van der Waals surface area contributed by atoms with Crippen LogP contribution in [0.15, 0.2) is 24.3 Å². The van der Waals surface area contributed by atoms with Gasteiger partial charge in [0, 0.05) is 19.3 Å². The third-order valence-electron chi connectivity index (χ3n) is 3.94. The molecule has 1 aliphatic heterocycles. The topological polar surface area (TPSA) is 32.3 Å². The zero-order chi connectivity index (χ0) is 13.9. The molecule has 3 nitrogen and oxygen atoms in total. The third kappa shape index (κ3) is 2.78. The van der Waals surface area contributed by atoms with E-state index in [-0.39, 0.29) is 17.1 Å². The second kappa shape index (κ2) is 5.70. The number of benzene rings is 1. The molecule has 2 rings (SSSR count). The highest BCUT2D eigenvalue weighted by Crippen LogP contribution is 2.34. The fourth-order valence-corrected chi connectivity index (χ4v) is 2.86. The Morgan fingerprint density at radius 1 is 1.42 bits per heavy atom. The van der Waals surface area contributed by atoms with Crippen LogP contribution in [0, 0.1) is 11.2 Å². The molecule has 0 saturated carbocycles. The number of nitrogens with one attached hydrogen (secondary N) is 1. The Bertz CT molecular complexity index is 438. The number of rotatable bonds is 4. The van der Waals surface area contributed by atoms with Crippen LogP contribution in [0.5, 0.6) is 0 Å². The Balaban J connectivity index is 2.19. The van der Waals surface area contributed by atoms with Gasteiger partial charge in [-0.05, 0) is 43.7 Å². The van der Waals surface area contributed by atoms with Crippen molar-refractivity contribution in [3.63, 3.8) is 0 Å². The number of hydrogen-bond donors (Lipinski definition) is 1. The molecule has 1 saturated heterocycles. The first-order chi connectivity index (χ1) is 9.09. The molecule has 1 fully saturated rings. The first-order valence-electron chi connectivity index (χ1n) is 6.83. The SMILES string of the molecule is CCCC1(C(=O)N(C)c2ccc(F)cc2)CCNC1. The lowest BCUT2D eigenvalue weighted by atomic mass is 9.81. The molecule has 1 heterocycles. The molecular formula is C15H21FN2O. The van der Waals surface area contributed by atoms with Crippen LogP contribution >= 0.6 is 0 Å². The molecule has 1 amide bonds.